The molecule has 0 aliphatic heterocycles. The predicted molar refractivity (Wildman–Crippen MR) is 88.5 cm³/mol. The van der Waals surface area contributed by atoms with Crippen LogP contribution < -0.4 is 5.32 Å². The molecule has 0 amide bonds. The summed E-state index contributed by atoms with van der Waals surface area (Å²) in [7, 11) is 1.88. The van der Waals surface area contributed by atoms with Crippen LogP contribution in [0.15, 0.2) is 24.8 Å². The Kier molecular flexibility index (Phi) is 3.48. The van der Waals surface area contributed by atoms with Crippen molar-refractivity contribution in [3.05, 3.63) is 24.8 Å². The van der Waals surface area contributed by atoms with E-state index in [4.69, 9.17) is 4.98 Å². The zero-order chi connectivity index (χ0) is 15.8. The predicted octanol–water partition coefficient (Wildman–Crippen LogP) is 3.05. The highest BCUT2D eigenvalue weighted by Gasteiger charge is 2.25. The molecular weight excluding hydrogens is 290 g/mol. The van der Waals surface area contributed by atoms with Crippen molar-refractivity contribution >= 4 is 22.7 Å². The van der Waals surface area contributed by atoms with Crippen molar-refractivity contribution < 1.29 is 0 Å². The van der Waals surface area contributed by atoms with E-state index in [9.17, 15) is 0 Å². The number of hydrogen-bond donors (Lipinski definition) is 1. The van der Waals surface area contributed by atoms with Crippen molar-refractivity contribution in [1.29, 1.82) is 0 Å². The first-order valence-electron chi connectivity index (χ1n) is 8.16. The van der Waals surface area contributed by atoms with Crippen LogP contribution in [0.3, 0.4) is 0 Å². The fourth-order valence-corrected chi connectivity index (χ4v) is 3.41. The molecule has 1 aliphatic carbocycles. The highest BCUT2D eigenvalue weighted by atomic mass is 15.3. The number of hydrogen-bond acceptors (Lipinski definition) is 5. The maximum Gasteiger partial charge on any atom is 0.229 e. The van der Waals surface area contributed by atoms with Crippen molar-refractivity contribution in [3.63, 3.8) is 0 Å². The summed E-state index contributed by atoms with van der Waals surface area (Å²) in [6.07, 6.45) is 12.4. The van der Waals surface area contributed by atoms with Gasteiger partial charge in [0, 0.05) is 19.4 Å². The molecule has 4 rings (SSSR count). The van der Waals surface area contributed by atoms with Gasteiger partial charge in [0.15, 0.2) is 5.65 Å². The molecule has 0 bridgehead atoms. The van der Waals surface area contributed by atoms with Crippen LogP contribution in [0, 0.1) is 5.92 Å². The van der Waals surface area contributed by atoms with E-state index >= 15 is 0 Å². The minimum atomic E-state index is 0.433. The van der Waals surface area contributed by atoms with Gasteiger partial charge in [0.1, 0.15) is 0 Å². The molecule has 0 aromatic carbocycles. The number of nitrogens with zero attached hydrogens (tertiary/aromatic N) is 6. The minimum Gasteiger partial charge on any atom is -0.321 e. The molecule has 0 saturated heterocycles. The Morgan fingerprint density at radius 2 is 2.00 bits per heavy atom. The van der Waals surface area contributed by atoms with Gasteiger partial charge in [0.2, 0.25) is 5.95 Å². The molecule has 7 nitrogen and oxygen atoms in total. The number of rotatable bonds is 3. The molecule has 1 fully saturated rings. The van der Waals surface area contributed by atoms with Gasteiger partial charge in [-0.15, -0.1) is 0 Å². The van der Waals surface area contributed by atoms with Crippen LogP contribution in [0.2, 0.25) is 0 Å². The molecule has 0 spiro atoms. The Morgan fingerprint density at radius 3 is 2.78 bits per heavy atom. The average molecular weight is 311 g/mol. The molecule has 3 aromatic heterocycles. The normalized spacial score (nSPS) is 21.7. The van der Waals surface area contributed by atoms with Crippen molar-refractivity contribution in [2.45, 2.75) is 38.6 Å². The van der Waals surface area contributed by atoms with Gasteiger partial charge >= 0.3 is 0 Å². The quantitative estimate of drug-likeness (QED) is 0.804. The standard InChI is InChI=1S/C16H21N7/c1-11-5-3-4-6-14(11)23-15-12(8-19-23)7-17-16(21-15)20-13-9-18-22(2)10-13/h7-11,14H,3-6H2,1-2H3,(H,17,20,21)/t11-,14-/m0/s1. The van der Waals surface area contributed by atoms with Gasteiger partial charge in [-0.2, -0.15) is 15.2 Å². The number of anilines is 2. The third kappa shape index (κ3) is 2.67. The Hall–Kier alpha value is -2.44. The summed E-state index contributed by atoms with van der Waals surface area (Å²) in [4.78, 5) is 9.07. The van der Waals surface area contributed by atoms with E-state index < -0.39 is 0 Å². The van der Waals surface area contributed by atoms with Gasteiger partial charge in [-0.3, -0.25) is 4.68 Å². The summed E-state index contributed by atoms with van der Waals surface area (Å²) in [5, 5.41) is 12.9. The van der Waals surface area contributed by atoms with E-state index in [-0.39, 0.29) is 0 Å². The van der Waals surface area contributed by atoms with Crippen LogP contribution in [-0.4, -0.2) is 29.5 Å². The van der Waals surface area contributed by atoms with E-state index in [1.54, 1.807) is 10.9 Å². The van der Waals surface area contributed by atoms with Crippen LogP contribution in [0.1, 0.15) is 38.6 Å². The van der Waals surface area contributed by atoms with Crippen LogP contribution >= 0.6 is 0 Å². The molecule has 1 saturated carbocycles. The van der Waals surface area contributed by atoms with E-state index in [1.165, 1.54) is 25.7 Å². The lowest BCUT2D eigenvalue weighted by molar-refractivity contribution is 0.245. The van der Waals surface area contributed by atoms with Crippen molar-refractivity contribution in [1.82, 2.24) is 29.5 Å². The van der Waals surface area contributed by atoms with Gasteiger partial charge in [0.25, 0.3) is 0 Å². The number of nitrogens with one attached hydrogen (secondary N) is 1. The van der Waals surface area contributed by atoms with E-state index in [0.29, 0.717) is 17.9 Å². The Morgan fingerprint density at radius 1 is 1.13 bits per heavy atom. The summed E-state index contributed by atoms with van der Waals surface area (Å²) in [6, 6.07) is 0.433. The first-order valence-corrected chi connectivity index (χ1v) is 8.16. The van der Waals surface area contributed by atoms with Crippen molar-refractivity contribution in [3.8, 4) is 0 Å². The molecule has 3 heterocycles. The lowest BCUT2D eigenvalue weighted by atomic mass is 9.86. The maximum absolute atomic E-state index is 4.69. The summed E-state index contributed by atoms with van der Waals surface area (Å²) in [5.41, 5.74) is 1.79. The van der Waals surface area contributed by atoms with Crippen LogP contribution in [0.25, 0.3) is 11.0 Å². The molecular formula is C16H21N7. The summed E-state index contributed by atoms with van der Waals surface area (Å²) >= 11 is 0. The molecule has 23 heavy (non-hydrogen) atoms. The zero-order valence-corrected chi connectivity index (χ0v) is 13.5. The molecule has 1 aliphatic rings. The minimum absolute atomic E-state index is 0.433. The van der Waals surface area contributed by atoms with E-state index in [0.717, 1.165) is 16.7 Å². The number of aromatic nitrogens is 6. The van der Waals surface area contributed by atoms with Gasteiger partial charge in [-0.25, -0.2) is 9.67 Å². The molecule has 7 heteroatoms. The summed E-state index contributed by atoms with van der Waals surface area (Å²) < 4.78 is 3.84. The van der Waals surface area contributed by atoms with Gasteiger partial charge < -0.3 is 5.32 Å². The molecule has 120 valence electrons. The third-order valence-electron chi connectivity index (χ3n) is 4.68. The van der Waals surface area contributed by atoms with Gasteiger partial charge in [0.05, 0.1) is 29.5 Å². The highest BCUT2D eigenvalue weighted by molar-refractivity contribution is 5.75. The van der Waals surface area contributed by atoms with Crippen molar-refractivity contribution in [2.75, 3.05) is 5.32 Å². The highest BCUT2D eigenvalue weighted by Crippen LogP contribution is 2.34. The van der Waals surface area contributed by atoms with Crippen LogP contribution in [-0.2, 0) is 7.05 Å². The lowest BCUT2D eigenvalue weighted by Crippen LogP contribution is -2.22. The Labute approximate surface area is 134 Å². The summed E-state index contributed by atoms with van der Waals surface area (Å²) in [6.45, 7) is 2.31. The Bertz CT molecular complexity index is 819. The topological polar surface area (TPSA) is 73.5 Å². The SMILES string of the molecule is C[C@H]1CCCC[C@@H]1n1ncc2cnc(Nc3cnn(C)c3)nc21. The second-order valence-electron chi connectivity index (χ2n) is 6.42. The first kappa shape index (κ1) is 14.2. The summed E-state index contributed by atoms with van der Waals surface area (Å²) in [5.74, 6) is 1.22. The average Bonchev–Trinajstić information content (AvgIpc) is 3.14. The smallest absolute Gasteiger partial charge is 0.229 e. The molecule has 3 aromatic rings. The van der Waals surface area contributed by atoms with Crippen LogP contribution in [0.4, 0.5) is 11.6 Å². The lowest BCUT2D eigenvalue weighted by Gasteiger charge is -2.29. The monoisotopic (exact) mass is 311 g/mol. The zero-order valence-electron chi connectivity index (χ0n) is 13.5. The van der Waals surface area contributed by atoms with E-state index in [2.05, 4.69) is 32.1 Å². The van der Waals surface area contributed by atoms with E-state index in [1.807, 2.05) is 25.6 Å². The fraction of sp³-hybridized carbons (Fsp3) is 0.500. The van der Waals surface area contributed by atoms with Gasteiger partial charge in [-0.1, -0.05) is 19.8 Å². The second kappa shape index (κ2) is 5.64. The number of aryl methyl sites for hydroxylation is 1. The van der Waals surface area contributed by atoms with Crippen molar-refractivity contribution in [2.24, 2.45) is 13.0 Å². The van der Waals surface area contributed by atoms with Gasteiger partial charge in [-0.05, 0) is 18.8 Å². The molecule has 0 radical (unpaired) electrons. The fourth-order valence-electron chi connectivity index (χ4n) is 3.41. The second-order valence-corrected chi connectivity index (χ2v) is 6.42. The third-order valence-corrected chi connectivity index (χ3v) is 4.68. The number of fused-ring (bicyclic) bond motifs is 1. The molecule has 1 N–H and O–H groups in total. The molecule has 2 atom stereocenters. The largest absolute Gasteiger partial charge is 0.321 e. The maximum atomic E-state index is 4.69. The van der Waals surface area contributed by atoms with Crippen LogP contribution in [0.5, 0.6) is 0 Å². The Balaban J connectivity index is 1.68. The molecule has 0 unspecified atom stereocenters. The first-order chi connectivity index (χ1) is 11.2.